The van der Waals surface area contributed by atoms with Crippen molar-refractivity contribution in [3.8, 4) is 0 Å². The van der Waals surface area contributed by atoms with Gasteiger partial charge in [-0.25, -0.2) is 0 Å². The molecule has 162 valence electrons. The third kappa shape index (κ3) is 7.28. The first-order chi connectivity index (χ1) is 13.0. The standard InChI is InChI=1S/C23H34NSi.CH3.2ClH.Ti/c1-16-8-10-20(11-9-16)24-25(6,7)22-15-19(23(3,4)5)14-18-12-17(2)13-21(18)22;;;;/h8-11,14-15,17-18,21H,12-13H2,1-7H3;1H3;2*1H;/q2*-1;;;+2/p-2. The third-order valence-electron chi connectivity index (χ3n) is 5.97. The first-order valence-electron chi connectivity index (χ1n) is 10.2. The molecular weight excluding hydrogens is 449 g/mol. The summed E-state index contributed by atoms with van der Waals surface area (Å²) in [6.07, 6.45) is 7.82. The van der Waals surface area contributed by atoms with Crippen molar-refractivity contribution in [2.45, 2.75) is 60.6 Å². The van der Waals surface area contributed by atoms with Crippen molar-refractivity contribution in [2.24, 2.45) is 23.2 Å². The molecule has 1 saturated carbocycles. The van der Waals surface area contributed by atoms with Gasteiger partial charge in [-0.15, -0.1) is 5.69 Å². The number of hydrogen-bond acceptors (Lipinski definition) is 0. The summed E-state index contributed by atoms with van der Waals surface area (Å²) in [6.45, 7) is 16.5. The second kappa shape index (κ2) is 11.0. The zero-order valence-corrected chi connectivity index (χ0v) is 23.4. The van der Waals surface area contributed by atoms with Crippen molar-refractivity contribution in [1.29, 1.82) is 0 Å². The number of allylic oxidation sites excluding steroid dienone is 4. The predicted molar refractivity (Wildman–Crippen MR) is 131 cm³/mol. The molecule has 2 aliphatic rings. The number of nitrogens with zero attached hydrogens (tertiary/aromatic N) is 1. The molecule has 1 fully saturated rings. The second-order valence-electron chi connectivity index (χ2n) is 9.90. The van der Waals surface area contributed by atoms with Crippen LogP contribution in [0.3, 0.4) is 0 Å². The van der Waals surface area contributed by atoms with Gasteiger partial charge in [0.1, 0.15) is 0 Å². The molecule has 1 nitrogen and oxygen atoms in total. The molecule has 0 radical (unpaired) electrons. The number of fused-ring (bicyclic) bond motifs is 1. The second-order valence-corrected chi connectivity index (χ2v) is 16.4. The molecule has 3 atom stereocenters. The first kappa shape index (κ1) is 27.0. The molecule has 0 heterocycles. The molecule has 3 unspecified atom stereocenters. The SMILES string of the molecule is Cc1ccc([N-][Si](C)(C)C2=CC(C(C)(C)C)=CC3CC(C)CC23)cc1.[CH3-].[Cl][Ti][Cl]. The predicted octanol–water partition coefficient (Wildman–Crippen LogP) is 9.15. The van der Waals surface area contributed by atoms with Gasteiger partial charge in [-0.3, -0.25) is 0 Å². The van der Waals surface area contributed by atoms with Gasteiger partial charge in [0, 0.05) is 0 Å². The Morgan fingerprint density at radius 1 is 1.07 bits per heavy atom. The average Bonchev–Trinajstić information content (AvgIpc) is 2.95. The fraction of sp³-hybridized carbons (Fsp3) is 0.542. The summed E-state index contributed by atoms with van der Waals surface area (Å²) in [6, 6.07) is 8.73. The molecule has 0 aromatic heterocycles. The van der Waals surface area contributed by atoms with Crippen LogP contribution in [0.15, 0.2) is 47.2 Å². The Morgan fingerprint density at radius 2 is 1.62 bits per heavy atom. The molecule has 1 aromatic rings. The van der Waals surface area contributed by atoms with Crippen LogP contribution in [-0.2, 0) is 17.0 Å². The van der Waals surface area contributed by atoms with Crippen LogP contribution in [-0.4, -0.2) is 8.24 Å². The zero-order chi connectivity index (χ0) is 21.1. The molecule has 0 aliphatic heterocycles. The van der Waals surface area contributed by atoms with Gasteiger partial charge in [-0.2, -0.15) is 0 Å². The van der Waals surface area contributed by atoms with Crippen molar-refractivity contribution in [1.82, 2.24) is 0 Å². The van der Waals surface area contributed by atoms with Crippen LogP contribution in [0.25, 0.3) is 4.98 Å². The molecule has 29 heavy (non-hydrogen) atoms. The van der Waals surface area contributed by atoms with Crippen LogP contribution in [0.4, 0.5) is 5.69 Å². The Hall–Kier alpha value is 0.0112. The van der Waals surface area contributed by atoms with Crippen molar-refractivity contribution >= 4 is 32.5 Å². The van der Waals surface area contributed by atoms with Gasteiger partial charge in [-0.05, 0) is 56.7 Å². The zero-order valence-electron chi connectivity index (χ0n) is 19.3. The summed E-state index contributed by atoms with van der Waals surface area (Å²) in [7, 11) is 7.93. The minimum atomic E-state index is -1.85. The van der Waals surface area contributed by atoms with Crippen LogP contribution in [0.2, 0.25) is 13.1 Å². The van der Waals surface area contributed by atoms with Crippen LogP contribution in [0.1, 0.15) is 46.1 Å². The van der Waals surface area contributed by atoms with Crippen molar-refractivity contribution in [2.75, 3.05) is 0 Å². The Kier molecular flexibility index (Phi) is 10.3. The first-order valence-corrected chi connectivity index (χ1v) is 17.4. The molecule has 3 rings (SSSR count). The van der Waals surface area contributed by atoms with Gasteiger partial charge >= 0.3 is 35.6 Å². The fourth-order valence-corrected chi connectivity index (χ4v) is 7.20. The van der Waals surface area contributed by atoms with Crippen molar-refractivity contribution < 1.29 is 17.0 Å². The molecule has 0 amide bonds. The van der Waals surface area contributed by atoms with Gasteiger partial charge < -0.3 is 12.4 Å². The van der Waals surface area contributed by atoms with E-state index >= 15 is 0 Å². The quantitative estimate of drug-likeness (QED) is 0.299. The van der Waals surface area contributed by atoms with E-state index in [2.05, 4.69) is 84.1 Å². The molecule has 0 saturated heterocycles. The van der Waals surface area contributed by atoms with Crippen LogP contribution >= 0.6 is 18.6 Å². The van der Waals surface area contributed by atoms with E-state index in [1.54, 1.807) is 5.20 Å². The summed E-state index contributed by atoms with van der Waals surface area (Å²) in [4.78, 5) is 5.30. The van der Waals surface area contributed by atoms with E-state index in [1.807, 2.05) is 0 Å². The van der Waals surface area contributed by atoms with Gasteiger partial charge in [-0.1, -0.05) is 88.0 Å². The van der Waals surface area contributed by atoms with E-state index in [-0.39, 0.29) is 12.8 Å². The van der Waals surface area contributed by atoms with Crippen LogP contribution in [0, 0.1) is 37.5 Å². The van der Waals surface area contributed by atoms with Gasteiger partial charge in [0.2, 0.25) is 0 Å². The Morgan fingerprint density at radius 3 is 2.14 bits per heavy atom. The van der Waals surface area contributed by atoms with E-state index in [4.69, 9.17) is 23.6 Å². The number of rotatable bonds is 3. The minimum absolute atomic E-state index is 0. The van der Waals surface area contributed by atoms with Crippen molar-refractivity contribution in [3.05, 3.63) is 65.2 Å². The Balaban J connectivity index is 0.000000990. The van der Waals surface area contributed by atoms with E-state index < -0.39 is 25.3 Å². The molecule has 1 aromatic carbocycles. The fourth-order valence-electron chi connectivity index (χ4n) is 4.53. The van der Waals surface area contributed by atoms with E-state index in [9.17, 15) is 0 Å². The van der Waals surface area contributed by atoms with Crippen LogP contribution < -0.4 is 0 Å². The van der Waals surface area contributed by atoms with E-state index in [0.717, 1.165) is 23.4 Å². The maximum absolute atomic E-state index is 5.30. The summed E-state index contributed by atoms with van der Waals surface area (Å²) in [5.41, 5.74) is 4.20. The molecule has 2 aliphatic carbocycles. The number of benzene rings is 1. The van der Waals surface area contributed by atoms with Crippen molar-refractivity contribution in [3.63, 3.8) is 0 Å². The number of aryl methyl sites for hydroxylation is 1. The summed E-state index contributed by atoms with van der Waals surface area (Å²) in [5, 5.41) is 1.68. The topological polar surface area (TPSA) is 14.1 Å². The maximum atomic E-state index is 5.30. The summed E-state index contributed by atoms with van der Waals surface area (Å²) >= 11 is -0.556. The third-order valence-corrected chi connectivity index (χ3v) is 8.71. The molecule has 0 spiro atoms. The van der Waals surface area contributed by atoms with Gasteiger partial charge in [0.05, 0.1) is 0 Å². The summed E-state index contributed by atoms with van der Waals surface area (Å²) < 4.78 is 0. The molecule has 0 N–H and O–H groups in total. The average molecular weight is 486 g/mol. The monoisotopic (exact) mass is 485 g/mol. The number of halogens is 2. The Labute approximate surface area is 197 Å². The van der Waals surface area contributed by atoms with E-state index in [1.165, 1.54) is 24.0 Å². The Bertz CT molecular complexity index is 719. The number of hydrogen-bond donors (Lipinski definition) is 0. The normalized spacial score (nSPS) is 23.6. The molecule has 5 heteroatoms. The van der Waals surface area contributed by atoms with E-state index in [0.29, 0.717) is 0 Å². The summed E-state index contributed by atoms with van der Waals surface area (Å²) in [5.74, 6) is 2.28. The molecule has 0 bridgehead atoms. The van der Waals surface area contributed by atoms with Gasteiger partial charge in [0.15, 0.2) is 0 Å². The van der Waals surface area contributed by atoms with Crippen LogP contribution in [0.5, 0.6) is 0 Å². The van der Waals surface area contributed by atoms with Gasteiger partial charge in [0.25, 0.3) is 0 Å². The molecular formula is C24H37Cl2NSiTi-2.